The summed E-state index contributed by atoms with van der Waals surface area (Å²) in [7, 11) is 1.47. The van der Waals surface area contributed by atoms with Gasteiger partial charge in [-0.1, -0.05) is 12.1 Å². The van der Waals surface area contributed by atoms with Crippen molar-refractivity contribution in [1.29, 1.82) is 0 Å². The third-order valence-corrected chi connectivity index (χ3v) is 2.47. The molecule has 0 saturated heterocycles. The minimum Gasteiger partial charge on any atom is -0.495 e. The van der Waals surface area contributed by atoms with Crippen LogP contribution in [0.3, 0.4) is 0 Å². The molecule has 2 N–H and O–H groups in total. The van der Waals surface area contributed by atoms with Gasteiger partial charge in [-0.25, -0.2) is 14.8 Å². The highest BCUT2D eigenvalue weighted by Gasteiger charge is 2.20. The number of aromatic nitrogens is 2. The lowest BCUT2D eigenvalue weighted by molar-refractivity contribution is 0.0685. The zero-order chi connectivity index (χ0) is 14.5. The van der Waals surface area contributed by atoms with E-state index >= 15 is 0 Å². The van der Waals surface area contributed by atoms with Gasteiger partial charge in [-0.3, -0.25) is 4.79 Å². The van der Waals surface area contributed by atoms with E-state index < -0.39 is 17.6 Å². The summed E-state index contributed by atoms with van der Waals surface area (Å²) in [5.74, 6) is -1.52. The molecule has 7 nitrogen and oxygen atoms in total. The second-order valence-electron chi connectivity index (χ2n) is 3.71. The molecular formula is C13H11N3O4. The number of anilines is 1. The maximum Gasteiger partial charge on any atom is 0.356 e. The van der Waals surface area contributed by atoms with Crippen LogP contribution in [0.15, 0.2) is 36.7 Å². The van der Waals surface area contributed by atoms with Crippen LogP contribution < -0.4 is 10.1 Å². The third kappa shape index (κ3) is 2.72. The first-order valence-electron chi connectivity index (χ1n) is 5.62. The van der Waals surface area contributed by atoms with Gasteiger partial charge in [0, 0.05) is 12.4 Å². The van der Waals surface area contributed by atoms with Gasteiger partial charge in [-0.05, 0) is 12.1 Å². The van der Waals surface area contributed by atoms with Crippen molar-refractivity contribution in [3.63, 3.8) is 0 Å². The average Bonchev–Trinajstić information content (AvgIpc) is 2.47. The fourth-order valence-corrected chi connectivity index (χ4v) is 1.59. The van der Waals surface area contributed by atoms with E-state index in [1.54, 1.807) is 24.3 Å². The van der Waals surface area contributed by atoms with E-state index in [1.807, 2.05) is 0 Å². The van der Waals surface area contributed by atoms with E-state index in [1.165, 1.54) is 19.5 Å². The number of hydrogen-bond donors (Lipinski definition) is 2. The molecule has 20 heavy (non-hydrogen) atoms. The Morgan fingerprint density at radius 1 is 1.15 bits per heavy atom. The lowest BCUT2D eigenvalue weighted by Gasteiger charge is -2.09. The number of hydrogen-bond acceptors (Lipinski definition) is 5. The van der Waals surface area contributed by atoms with Crippen LogP contribution in [0.25, 0.3) is 0 Å². The Hall–Kier alpha value is -2.96. The molecule has 2 aromatic rings. The fourth-order valence-electron chi connectivity index (χ4n) is 1.59. The van der Waals surface area contributed by atoms with E-state index in [4.69, 9.17) is 9.84 Å². The van der Waals surface area contributed by atoms with E-state index in [0.717, 1.165) is 0 Å². The molecule has 1 aromatic carbocycles. The summed E-state index contributed by atoms with van der Waals surface area (Å²) in [6.07, 6.45) is 2.47. The Balaban J connectivity index is 2.31. The Kier molecular flexibility index (Phi) is 3.90. The predicted molar refractivity (Wildman–Crippen MR) is 69.9 cm³/mol. The average molecular weight is 273 g/mol. The SMILES string of the molecule is COc1ccccc1NC(=O)c1nccnc1C(=O)O. The van der Waals surface area contributed by atoms with Crippen molar-refractivity contribution in [3.05, 3.63) is 48.0 Å². The molecule has 7 heteroatoms. The van der Waals surface area contributed by atoms with E-state index in [0.29, 0.717) is 11.4 Å². The van der Waals surface area contributed by atoms with Gasteiger partial charge >= 0.3 is 5.97 Å². The summed E-state index contributed by atoms with van der Waals surface area (Å²) in [5, 5.41) is 11.5. The van der Waals surface area contributed by atoms with E-state index in [2.05, 4.69) is 15.3 Å². The van der Waals surface area contributed by atoms with Gasteiger partial charge in [-0.2, -0.15) is 0 Å². The number of amides is 1. The summed E-state index contributed by atoms with van der Waals surface area (Å²) in [6, 6.07) is 6.77. The van der Waals surface area contributed by atoms with Gasteiger partial charge in [0.25, 0.3) is 5.91 Å². The van der Waals surface area contributed by atoms with Crippen molar-refractivity contribution in [2.24, 2.45) is 0 Å². The van der Waals surface area contributed by atoms with E-state index in [9.17, 15) is 9.59 Å². The first kappa shape index (κ1) is 13.5. The number of aromatic carboxylic acids is 1. The van der Waals surface area contributed by atoms with Gasteiger partial charge in [0.2, 0.25) is 0 Å². The molecule has 2 rings (SSSR count). The molecule has 1 aromatic heterocycles. The molecular weight excluding hydrogens is 262 g/mol. The molecule has 0 aliphatic heterocycles. The van der Waals surface area contributed by atoms with E-state index in [-0.39, 0.29) is 5.69 Å². The molecule has 0 unspecified atom stereocenters. The number of methoxy groups -OCH3 is 1. The topological polar surface area (TPSA) is 101 Å². The summed E-state index contributed by atoms with van der Waals surface area (Å²) in [4.78, 5) is 30.5. The number of carboxylic acids is 1. The lowest BCUT2D eigenvalue weighted by atomic mass is 10.2. The minimum atomic E-state index is -1.32. The molecule has 0 radical (unpaired) electrons. The molecule has 1 heterocycles. The number of nitrogens with one attached hydrogen (secondary N) is 1. The highest BCUT2D eigenvalue weighted by molar-refractivity contribution is 6.08. The van der Waals surface area contributed by atoms with Crippen molar-refractivity contribution < 1.29 is 19.4 Å². The number of carbonyl (C=O) groups is 2. The Morgan fingerprint density at radius 3 is 2.45 bits per heavy atom. The summed E-state index contributed by atoms with van der Waals surface area (Å²) in [5.41, 5.74) is -0.243. The van der Waals surface area contributed by atoms with Crippen molar-refractivity contribution in [3.8, 4) is 5.75 Å². The third-order valence-electron chi connectivity index (χ3n) is 2.47. The smallest absolute Gasteiger partial charge is 0.356 e. The highest BCUT2D eigenvalue weighted by Crippen LogP contribution is 2.23. The van der Waals surface area contributed by atoms with Crippen molar-refractivity contribution in [2.45, 2.75) is 0 Å². The van der Waals surface area contributed by atoms with Crippen LogP contribution in [0.4, 0.5) is 5.69 Å². The summed E-state index contributed by atoms with van der Waals surface area (Å²) >= 11 is 0. The normalized spacial score (nSPS) is 9.85. The molecule has 1 amide bonds. The second-order valence-corrected chi connectivity index (χ2v) is 3.71. The fraction of sp³-hybridized carbons (Fsp3) is 0.0769. The zero-order valence-corrected chi connectivity index (χ0v) is 10.5. The maximum atomic E-state index is 12.1. The van der Waals surface area contributed by atoms with Crippen LogP contribution in [0.1, 0.15) is 21.0 Å². The van der Waals surface area contributed by atoms with Crippen LogP contribution in [-0.4, -0.2) is 34.1 Å². The summed E-state index contributed by atoms with van der Waals surface area (Å²) < 4.78 is 5.09. The van der Waals surface area contributed by atoms with Gasteiger partial charge in [0.1, 0.15) is 5.75 Å². The molecule has 0 atom stereocenters. The number of para-hydroxylation sites is 2. The predicted octanol–water partition coefficient (Wildman–Crippen LogP) is 1.44. The molecule has 0 aliphatic rings. The van der Waals surface area contributed by atoms with Crippen LogP contribution in [-0.2, 0) is 0 Å². The van der Waals surface area contributed by atoms with Crippen LogP contribution in [0.5, 0.6) is 5.75 Å². The molecule has 0 spiro atoms. The van der Waals surface area contributed by atoms with Crippen molar-refractivity contribution >= 4 is 17.6 Å². The van der Waals surface area contributed by atoms with Crippen LogP contribution in [0.2, 0.25) is 0 Å². The second kappa shape index (κ2) is 5.79. The summed E-state index contributed by atoms with van der Waals surface area (Å²) in [6.45, 7) is 0. The number of rotatable bonds is 4. The van der Waals surface area contributed by atoms with Crippen molar-refractivity contribution in [2.75, 3.05) is 12.4 Å². The van der Waals surface area contributed by atoms with Gasteiger partial charge in [0.05, 0.1) is 12.8 Å². The monoisotopic (exact) mass is 273 g/mol. The molecule has 0 fully saturated rings. The molecule has 0 aliphatic carbocycles. The number of nitrogens with zero attached hydrogens (tertiary/aromatic N) is 2. The maximum absolute atomic E-state index is 12.1. The number of benzene rings is 1. The Morgan fingerprint density at radius 2 is 1.80 bits per heavy atom. The van der Waals surface area contributed by atoms with Crippen molar-refractivity contribution in [1.82, 2.24) is 9.97 Å². The minimum absolute atomic E-state index is 0.258. The van der Waals surface area contributed by atoms with Crippen LogP contribution >= 0.6 is 0 Å². The first-order chi connectivity index (χ1) is 9.63. The Bertz CT molecular complexity index is 658. The van der Waals surface area contributed by atoms with Gasteiger partial charge in [-0.15, -0.1) is 0 Å². The first-order valence-corrected chi connectivity index (χ1v) is 5.62. The van der Waals surface area contributed by atoms with Crippen LogP contribution in [0, 0.1) is 0 Å². The largest absolute Gasteiger partial charge is 0.495 e. The standard InChI is InChI=1S/C13H11N3O4/c1-20-9-5-3-2-4-8(9)16-12(17)10-11(13(18)19)15-7-6-14-10/h2-7H,1H3,(H,16,17)(H,18,19). The quantitative estimate of drug-likeness (QED) is 0.873. The number of ether oxygens (including phenoxy) is 1. The van der Waals surface area contributed by atoms with Gasteiger partial charge in [0.15, 0.2) is 11.4 Å². The zero-order valence-electron chi connectivity index (χ0n) is 10.5. The molecule has 102 valence electrons. The molecule has 0 bridgehead atoms. The Labute approximate surface area is 114 Å². The highest BCUT2D eigenvalue weighted by atomic mass is 16.5. The van der Waals surface area contributed by atoms with Gasteiger partial charge < -0.3 is 15.2 Å². The molecule has 0 saturated carbocycles. The lowest BCUT2D eigenvalue weighted by Crippen LogP contribution is -2.19. The number of carbonyl (C=O) groups excluding carboxylic acids is 1. The number of carboxylic acid groups (broad SMARTS) is 1.